The van der Waals surface area contributed by atoms with Crippen molar-refractivity contribution in [2.75, 3.05) is 16.8 Å². The fourth-order valence-corrected chi connectivity index (χ4v) is 4.05. The highest BCUT2D eigenvalue weighted by Crippen LogP contribution is 2.22. The molecule has 0 aromatic carbocycles. The molecule has 1 saturated heterocycles. The average Bonchev–Trinajstić information content (AvgIpc) is 2.85. The van der Waals surface area contributed by atoms with Gasteiger partial charge >= 0.3 is 0 Å². The maximum atomic E-state index is 11.8. The van der Waals surface area contributed by atoms with Crippen molar-refractivity contribution in [1.82, 2.24) is 10.2 Å². The molecule has 0 bridgehead atoms. The van der Waals surface area contributed by atoms with E-state index in [2.05, 4.69) is 15.5 Å². The molecular formula is C12H19N3O3S. The summed E-state index contributed by atoms with van der Waals surface area (Å²) < 4.78 is 22.6. The fraction of sp³-hybridized carbons (Fsp3) is 0.667. The van der Waals surface area contributed by atoms with E-state index in [1.54, 1.807) is 6.07 Å². The van der Waals surface area contributed by atoms with Crippen molar-refractivity contribution in [3.05, 3.63) is 11.8 Å². The maximum absolute atomic E-state index is 11.8. The van der Waals surface area contributed by atoms with E-state index < -0.39 is 9.84 Å². The van der Waals surface area contributed by atoms with Crippen molar-refractivity contribution >= 4 is 21.6 Å². The van der Waals surface area contributed by atoms with Crippen LogP contribution in [0.3, 0.4) is 0 Å². The van der Waals surface area contributed by atoms with Crippen molar-refractivity contribution in [3.63, 3.8) is 0 Å². The molecule has 106 valence electrons. The van der Waals surface area contributed by atoms with E-state index in [9.17, 15) is 13.2 Å². The second-order valence-electron chi connectivity index (χ2n) is 5.38. The van der Waals surface area contributed by atoms with E-state index in [0.717, 1.165) is 5.69 Å². The Balaban J connectivity index is 1.87. The zero-order valence-corrected chi connectivity index (χ0v) is 12.0. The predicted octanol–water partition coefficient (Wildman–Crippen LogP) is 1.30. The maximum Gasteiger partial charge on any atom is 0.225 e. The Bertz CT molecular complexity index is 563. The first-order valence-electron chi connectivity index (χ1n) is 6.41. The van der Waals surface area contributed by atoms with Crippen LogP contribution in [0.1, 0.15) is 38.3 Å². The Morgan fingerprint density at radius 2 is 2.32 bits per heavy atom. The molecule has 19 heavy (non-hydrogen) atoms. The van der Waals surface area contributed by atoms with Crippen molar-refractivity contribution < 1.29 is 13.2 Å². The first kappa shape index (κ1) is 14.0. The molecule has 0 radical (unpaired) electrons. The van der Waals surface area contributed by atoms with Gasteiger partial charge < -0.3 is 5.32 Å². The quantitative estimate of drug-likeness (QED) is 0.872. The van der Waals surface area contributed by atoms with Crippen LogP contribution in [0.25, 0.3) is 0 Å². The van der Waals surface area contributed by atoms with Gasteiger partial charge in [0.2, 0.25) is 5.91 Å². The number of carbonyl (C=O) groups excluding carboxylic acids is 1. The molecule has 1 fully saturated rings. The summed E-state index contributed by atoms with van der Waals surface area (Å²) in [5.74, 6) is 0.897. The highest BCUT2D eigenvalue weighted by molar-refractivity contribution is 7.91. The van der Waals surface area contributed by atoms with Crippen LogP contribution < -0.4 is 5.32 Å². The van der Waals surface area contributed by atoms with Gasteiger partial charge in [-0.2, -0.15) is 5.10 Å². The van der Waals surface area contributed by atoms with E-state index >= 15 is 0 Å². The number of carbonyl (C=O) groups is 1. The lowest BCUT2D eigenvalue weighted by Crippen LogP contribution is -2.17. The van der Waals surface area contributed by atoms with Gasteiger partial charge in [-0.05, 0) is 18.3 Å². The lowest BCUT2D eigenvalue weighted by atomic mass is 10.1. The number of anilines is 1. The van der Waals surface area contributed by atoms with E-state index in [0.29, 0.717) is 18.2 Å². The zero-order valence-electron chi connectivity index (χ0n) is 11.1. The molecule has 6 nitrogen and oxygen atoms in total. The molecule has 1 aromatic heterocycles. The molecule has 1 aliphatic heterocycles. The molecule has 7 heteroatoms. The van der Waals surface area contributed by atoms with Gasteiger partial charge in [-0.15, -0.1) is 0 Å². The van der Waals surface area contributed by atoms with E-state index in [1.165, 1.54) is 0 Å². The number of hydrogen-bond donors (Lipinski definition) is 2. The third-order valence-corrected chi connectivity index (χ3v) is 5.12. The Kier molecular flexibility index (Phi) is 3.93. The van der Waals surface area contributed by atoms with Crippen LogP contribution in [0.2, 0.25) is 0 Å². The normalized spacial score (nSPS) is 21.7. The molecule has 2 heterocycles. The highest BCUT2D eigenvalue weighted by atomic mass is 32.2. The summed E-state index contributed by atoms with van der Waals surface area (Å²) in [4.78, 5) is 11.8. The smallest absolute Gasteiger partial charge is 0.225 e. The summed E-state index contributed by atoms with van der Waals surface area (Å²) in [6.07, 6.45) is 0.816. The van der Waals surface area contributed by atoms with Gasteiger partial charge in [-0.3, -0.25) is 9.89 Å². The summed E-state index contributed by atoms with van der Waals surface area (Å²) in [5.41, 5.74) is 0.957. The summed E-state index contributed by atoms with van der Waals surface area (Å²) >= 11 is 0. The van der Waals surface area contributed by atoms with Crippen molar-refractivity contribution in [2.45, 2.75) is 32.6 Å². The second kappa shape index (κ2) is 5.32. The Labute approximate surface area is 112 Å². The van der Waals surface area contributed by atoms with Crippen LogP contribution in [0, 0.1) is 5.92 Å². The first-order valence-corrected chi connectivity index (χ1v) is 8.23. The van der Waals surface area contributed by atoms with Gasteiger partial charge in [-0.25, -0.2) is 8.42 Å². The van der Waals surface area contributed by atoms with Crippen LogP contribution >= 0.6 is 0 Å². The van der Waals surface area contributed by atoms with Crippen molar-refractivity contribution in [1.29, 1.82) is 0 Å². The average molecular weight is 285 g/mol. The Morgan fingerprint density at radius 3 is 2.84 bits per heavy atom. The van der Waals surface area contributed by atoms with Gasteiger partial charge in [-0.1, -0.05) is 13.8 Å². The molecule has 0 saturated carbocycles. The SMILES string of the molecule is CC(C)c1cc(NC(=O)CC2CCS(=O)(=O)C2)n[nH]1. The molecule has 1 aliphatic rings. The first-order chi connectivity index (χ1) is 8.85. The van der Waals surface area contributed by atoms with Crippen LogP contribution in [0.4, 0.5) is 5.82 Å². The molecule has 1 atom stereocenters. The molecule has 0 spiro atoms. The lowest BCUT2D eigenvalue weighted by Gasteiger charge is -2.06. The molecule has 0 aliphatic carbocycles. The predicted molar refractivity (Wildman–Crippen MR) is 72.7 cm³/mol. The van der Waals surface area contributed by atoms with Gasteiger partial charge in [0.25, 0.3) is 0 Å². The number of nitrogens with one attached hydrogen (secondary N) is 2. The third kappa shape index (κ3) is 3.79. The van der Waals surface area contributed by atoms with Crippen LogP contribution in [0.15, 0.2) is 6.07 Å². The zero-order chi connectivity index (χ0) is 14.0. The topological polar surface area (TPSA) is 91.9 Å². The fourth-order valence-electron chi connectivity index (χ4n) is 2.19. The monoisotopic (exact) mass is 285 g/mol. The summed E-state index contributed by atoms with van der Waals surface area (Å²) in [7, 11) is -2.92. The third-order valence-electron chi connectivity index (χ3n) is 3.29. The number of amides is 1. The van der Waals surface area contributed by atoms with Gasteiger partial charge in [0.05, 0.1) is 11.5 Å². The number of aromatic amines is 1. The number of aromatic nitrogens is 2. The number of hydrogen-bond acceptors (Lipinski definition) is 4. The Morgan fingerprint density at radius 1 is 1.58 bits per heavy atom. The number of nitrogens with zero attached hydrogens (tertiary/aromatic N) is 1. The summed E-state index contributed by atoms with van der Waals surface area (Å²) in [5, 5.41) is 9.56. The van der Waals surface area contributed by atoms with Gasteiger partial charge in [0.1, 0.15) is 0 Å². The van der Waals surface area contributed by atoms with Gasteiger partial charge in [0, 0.05) is 18.2 Å². The Hall–Kier alpha value is -1.37. The molecule has 1 unspecified atom stereocenters. The molecular weight excluding hydrogens is 266 g/mol. The number of sulfone groups is 1. The van der Waals surface area contributed by atoms with E-state index in [-0.39, 0.29) is 29.8 Å². The minimum absolute atomic E-state index is 0.0616. The van der Waals surface area contributed by atoms with Crippen molar-refractivity contribution in [2.24, 2.45) is 5.92 Å². The summed E-state index contributed by atoms with van der Waals surface area (Å²) in [6, 6.07) is 1.80. The number of rotatable bonds is 4. The van der Waals surface area contributed by atoms with Crippen LogP contribution in [-0.2, 0) is 14.6 Å². The van der Waals surface area contributed by atoms with Crippen molar-refractivity contribution in [3.8, 4) is 0 Å². The highest BCUT2D eigenvalue weighted by Gasteiger charge is 2.29. The molecule has 1 amide bonds. The summed E-state index contributed by atoms with van der Waals surface area (Å²) in [6.45, 7) is 4.06. The molecule has 2 rings (SSSR count). The van der Waals surface area contributed by atoms with Crippen LogP contribution in [-0.4, -0.2) is 36.0 Å². The van der Waals surface area contributed by atoms with E-state index in [1.807, 2.05) is 13.8 Å². The second-order valence-corrected chi connectivity index (χ2v) is 7.61. The lowest BCUT2D eigenvalue weighted by molar-refractivity contribution is -0.116. The standard InChI is InChI=1S/C12H19N3O3S/c1-8(2)10-6-11(15-14-10)13-12(16)5-9-3-4-19(17,18)7-9/h6,8-9H,3-5,7H2,1-2H3,(H2,13,14,15,16). The van der Waals surface area contributed by atoms with Gasteiger partial charge in [0.15, 0.2) is 15.7 Å². The minimum atomic E-state index is -2.92. The van der Waals surface area contributed by atoms with Crippen LogP contribution in [0.5, 0.6) is 0 Å². The largest absolute Gasteiger partial charge is 0.309 e. The number of H-pyrrole nitrogens is 1. The van der Waals surface area contributed by atoms with E-state index in [4.69, 9.17) is 0 Å². The minimum Gasteiger partial charge on any atom is -0.309 e. The molecule has 2 N–H and O–H groups in total. The molecule has 1 aromatic rings.